The molecule has 0 saturated carbocycles. The molecule has 3 aliphatic rings. The summed E-state index contributed by atoms with van der Waals surface area (Å²) in [6, 6.07) is 3.25. The SMILES string of the molecule is CC1CCN(C)C1.C[C@@H]1C(=O)NN=C2COc3cc(Br)c(N)cc3N21. The number of nitrogen functional groups attached to an aromatic ring is 1. The third kappa shape index (κ3) is 3.74. The van der Waals surface area contributed by atoms with E-state index in [4.69, 9.17) is 10.5 Å². The zero-order chi connectivity index (χ0) is 18.1. The van der Waals surface area contributed by atoms with Crippen LogP contribution in [-0.4, -0.2) is 49.4 Å². The van der Waals surface area contributed by atoms with Crippen LogP contribution in [0.2, 0.25) is 0 Å². The fraction of sp³-hybridized carbons (Fsp3) is 0.529. The summed E-state index contributed by atoms with van der Waals surface area (Å²) in [6.07, 6.45) is 1.40. The van der Waals surface area contributed by atoms with Gasteiger partial charge >= 0.3 is 0 Å². The zero-order valence-corrected chi connectivity index (χ0v) is 16.3. The molecule has 1 aromatic carbocycles. The predicted octanol–water partition coefficient (Wildman–Crippen LogP) is 2.02. The van der Waals surface area contributed by atoms with Gasteiger partial charge in [-0.3, -0.25) is 4.79 Å². The van der Waals surface area contributed by atoms with Gasteiger partial charge in [0.25, 0.3) is 5.91 Å². The molecule has 1 aromatic rings. The van der Waals surface area contributed by atoms with Gasteiger partial charge in [0.1, 0.15) is 18.4 Å². The standard InChI is InChI=1S/C11H11BrN4O2.C6H13N/c1-5-11(17)15-14-10-4-18-9-2-6(12)7(13)3-8(9)16(5)10;1-6-3-4-7(2)5-6/h2-3,5H,4,13H2,1H3,(H,15,17);6H,3-5H2,1-2H3/t5-;/m1./s1. The molecule has 3 N–H and O–H groups in total. The van der Waals surface area contributed by atoms with Gasteiger partial charge in [0, 0.05) is 16.7 Å². The number of hydrogen-bond donors (Lipinski definition) is 2. The third-order valence-electron chi connectivity index (χ3n) is 4.66. The van der Waals surface area contributed by atoms with E-state index in [1.54, 1.807) is 12.1 Å². The third-order valence-corrected chi connectivity index (χ3v) is 5.35. The van der Waals surface area contributed by atoms with Crippen molar-refractivity contribution in [2.24, 2.45) is 11.0 Å². The smallest absolute Gasteiger partial charge is 0.262 e. The van der Waals surface area contributed by atoms with E-state index < -0.39 is 0 Å². The Labute approximate surface area is 156 Å². The molecule has 0 aliphatic carbocycles. The minimum absolute atomic E-state index is 0.145. The molecule has 0 spiro atoms. The van der Waals surface area contributed by atoms with Crippen LogP contribution < -0.4 is 20.8 Å². The molecule has 136 valence electrons. The van der Waals surface area contributed by atoms with Gasteiger partial charge in [0.15, 0.2) is 5.84 Å². The number of amides is 1. The van der Waals surface area contributed by atoms with Crippen molar-refractivity contribution in [3.63, 3.8) is 0 Å². The van der Waals surface area contributed by atoms with Crippen LogP contribution in [-0.2, 0) is 4.79 Å². The summed E-state index contributed by atoms with van der Waals surface area (Å²) in [5, 5.41) is 4.00. The van der Waals surface area contributed by atoms with E-state index in [9.17, 15) is 4.79 Å². The highest BCUT2D eigenvalue weighted by atomic mass is 79.9. The quantitative estimate of drug-likeness (QED) is 0.640. The lowest BCUT2D eigenvalue weighted by molar-refractivity contribution is -0.122. The number of likely N-dealkylation sites (tertiary alicyclic amines) is 1. The number of nitrogens with zero attached hydrogens (tertiary/aromatic N) is 3. The fourth-order valence-electron chi connectivity index (χ4n) is 3.22. The molecule has 1 unspecified atom stereocenters. The van der Waals surface area contributed by atoms with Crippen LogP contribution in [0.15, 0.2) is 21.7 Å². The maximum Gasteiger partial charge on any atom is 0.262 e. The molecule has 3 heterocycles. The number of carbonyl (C=O) groups excluding carboxylic acids is 1. The van der Waals surface area contributed by atoms with E-state index in [1.165, 1.54) is 19.5 Å². The number of hydrogen-bond acceptors (Lipinski definition) is 6. The zero-order valence-electron chi connectivity index (χ0n) is 14.8. The lowest BCUT2D eigenvalue weighted by atomic mass is 10.1. The van der Waals surface area contributed by atoms with E-state index in [0.29, 0.717) is 23.9 Å². The van der Waals surface area contributed by atoms with Gasteiger partial charge in [-0.15, -0.1) is 0 Å². The minimum Gasteiger partial charge on any atom is -0.483 e. The van der Waals surface area contributed by atoms with Crippen LogP contribution in [0.5, 0.6) is 5.75 Å². The molecular formula is C17H24BrN5O2. The van der Waals surface area contributed by atoms with Gasteiger partial charge in [-0.2, -0.15) is 5.10 Å². The minimum atomic E-state index is -0.333. The van der Waals surface area contributed by atoms with Crippen LogP contribution in [0.25, 0.3) is 0 Å². The van der Waals surface area contributed by atoms with Crippen molar-refractivity contribution >= 4 is 39.0 Å². The number of halogens is 1. The molecule has 0 bridgehead atoms. The molecule has 0 radical (unpaired) electrons. The van der Waals surface area contributed by atoms with Gasteiger partial charge in [0.2, 0.25) is 0 Å². The normalized spacial score (nSPS) is 25.0. The first-order valence-corrected chi connectivity index (χ1v) is 9.22. The Morgan fingerprint density at radius 2 is 2.16 bits per heavy atom. The number of amidine groups is 1. The molecule has 25 heavy (non-hydrogen) atoms. The molecule has 1 saturated heterocycles. The molecule has 1 fully saturated rings. The molecule has 0 aromatic heterocycles. The number of nitrogens with two attached hydrogens (primary N) is 1. The second kappa shape index (κ2) is 7.21. The van der Waals surface area contributed by atoms with E-state index in [1.807, 2.05) is 11.8 Å². The van der Waals surface area contributed by atoms with E-state index >= 15 is 0 Å². The molecule has 3 aliphatic heterocycles. The highest BCUT2D eigenvalue weighted by Gasteiger charge is 2.35. The molecule has 7 nitrogen and oxygen atoms in total. The van der Waals surface area contributed by atoms with Gasteiger partial charge in [-0.1, -0.05) is 6.92 Å². The van der Waals surface area contributed by atoms with E-state index in [0.717, 1.165) is 16.1 Å². The summed E-state index contributed by atoms with van der Waals surface area (Å²) in [6.45, 7) is 7.07. The largest absolute Gasteiger partial charge is 0.483 e. The van der Waals surface area contributed by atoms with Crippen molar-refractivity contribution < 1.29 is 9.53 Å². The van der Waals surface area contributed by atoms with Crippen molar-refractivity contribution in [3.8, 4) is 5.75 Å². The summed E-state index contributed by atoms with van der Waals surface area (Å²) < 4.78 is 6.38. The van der Waals surface area contributed by atoms with Gasteiger partial charge in [-0.25, -0.2) is 5.43 Å². The Balaban J connectivity index is 0.000000219. The second-order valence-corrected chi connectivity index (χ2v) is 7.69. The molecular weight excluding hydrogens is 386 g/mol. The average molecular weight is 410 g/mol. The number of fused-ring (bicyclic) bond motifs is 3. The number of carbonyl (C=O) groups is 1. The average Bonchev–Trinajstić information content (AvgIpc) is 2.95. The van der Waals surface area contributed by atoms with E-state index in [-0.39, 0.29) is 11.9 Å². The van der Waals surface area contributed by atoms with E-state index in [2.05, 4.69) is 45.3 Å². The molecule has 8 heteroatoms. The first kappa shape index (κ1) is 18.0. The Kier molecular flexibility index (Phi) is 5.19. The number of anilines is 2. The Bertz CT molecular complexity index is 701. The summed E-state index contributed by atoms with van der Waals surface area (Å²) >= 11 is 3.36. The molecule has 2 atom stereocenters. The van der Waals surface area contributed by atoms with Gasteiger partial charge in [-0.05, 0) is 60.9 Å². The highest BCUT2D eigenvalue weighted by molar-refractivity contribution is 9.10. The Morgan fingerprint density at radius 3 is 2.76 bits per heavy atom. The number of benzene rings is 1. The number of ether oxygens (including phenoxy) is 1. The first-order chi connectivity index (χ1) is 11.9. The summed E-state index contributed by atoms with van der Waals surface area (Å²) in [5.74, 6) is 2.17. The monoisotopic (exact) mass is 409 g/mol. The van der Waals surface area contributed by atoms with Crippen molar-refractivity contribution in [1.82, 2.24) is 10.3 Å². The lowest BCUT2D eigenvalue weighted by Crippen LogP contribution is -2.55. The maximum atomic E-state index is 11.7. The maximum absolute atomic E-state index is 11.7. The van der Waals surface area contributed by atoms with Crippen molar-refractivity contribution in [2.45, 2.75) is 26.3 Å². The first-order valence-electron chi connectivity index (χ1n) is 8.43. The topological polar surface area (TPSA) is 83.2 Å². The van der Waals surface area contributed by atoms with Crippen LogP contribution in [0.1, 0.15) is 20.3 Å². The van der Waals surface area contributed by atoms with Crippen LogP contribution in [0.3, 0.4) is 0 Å². The predicted molar refractivity (Wildman–Crippen MR) is 103 cm³/mol. The Morgan fingerprint density at radius 1 is 1.40 bits per heavy atom. The number of nitrogens with one attached hydrogen (secondary N) is 1. The summed E-state index contributed by atoms with van der Waals surface area (Å²) in [4.78, 5) is 15.9. The highest BCUT2D eigenvalue weighted by Crippen LogP contribution is 2.39. The summed E-state index contributed by atoms with van der Waals surface area (Å²) in [5.41, 5.74) is 9.71. The fourth-order valence-corrected chi connectivity index (χ4v) is 3.54. The number of hydrazone groups is 1. The lowest BCUT2D eigenvalue weighted by Gasteiger charge is -2.38. The van der Waals surface area contributed by atoms with Crippen molar-refractivity contribution in [2.75, 3.05) is 37.4 Å². The van der Waals surface area contributed by atoms with Crippen molar-refractivity contribution in [3.05, 3.63) is 16.6 Å². The van der Waals surface area contributed by atoms with Crippen LogP contribution >= 0.6 is 15.9 Å². The van der Waals surface area contributed by atoms with Crippen LogP contribution in [0, 0.1) is 5.92 Å². The molecule has 1 amide bonds. The van der Waals surface area contributed by atoms with Crippen LogP contribution in [0.4, 0.5) is 11.4 Å². The van der Waals surface area contributed by atoms with Gasteiger partial charge in [0.05, 0.1) is 5.69 Å². The van der Waals surface area contributed by atoms with Gasteiger partial charge < -0.3 is 20.3 Å². The second-order valence-electron chi connectivity index (χ2n) is 6.84. The summed E-state index contributed by atoms with van der Waals surface area (Å²) in [7, 11) is 2.18. The van der Waals surface area contributed by atoms with Crippen molar-refractivity contribution in [1.29, 1.82) is 0 Å². The number of rotatable bonds is 0. The Hall–Kier alpha value is -1.80. The molecule has 4 rings (SSSR count).